The van der Waals surface area contributed by atoms with Crippen molar-refractivity contribution in [2.75, 3.05) is 19.4 Å². The van der Waals surface area contributed by atoms with E-state index in [4.69, 9.17) is 0 Å². The summed E-state index contributed by atoms with van der Waals surface area (Å²) in [4.78, 5) is 21.8. The van der Waals surface area contributed by atoms with Gasteiger partial charge in [-0.15, -0.1) is 0 Å². The van der Waals surface area contributed by atoms with Crippen LogP contribution in [-0.2, 0) is 6.54 Å². The summed E-state index contributed by atoms with van der Waals surface area (Å²) >= 11 is 0. The Morgan fingerprint density at radius 3 is 2.65 bits per heavy atom. The molecule has 1 N–H and O–H groups in total. The van der Waals surface area contributed by atoms with Crippen LogP contribution in [0, 0.1) is 6.92 Å². The lowest BCUT2D eigenvalue weighted by Gasteiger charge is -2.11. The van der Waals surface area contributed by atoms with Crippen molar-refractivity contribution in [1.29, 1.82) is 0 Å². The third-order valence-corrected chi connectivity index (χ3v) is 2.97. The first-order chi connectivity index (χ1) is 9.58. The fraction of sp³-hybridized carbons (Fsp3) is 0.267. The lowest BCUT2D eigenvalue weighted by Crippen LogP contribution is -2.21. The molecular weight excluding hydrogens is 252 g/mol. The topological polar surface area (TPSA) is 58.1 Å². The van der Waals surface area contributed by atoms with Crippen molar-refractivity contribution in [3.05, 3.63) is 53.5 Å². The SMILES string of the molecule is Cc1cccnc1CNc1ccc(C(=O)N(C)C)cn1. The average molecular weight is 270 g/mol. The Kier molecular flexibility index (Phi) is 4.30. The maximum atomic E-state index is 11.7. The first kappa shape index (κ1) is 14.0. The van der Waals surface area contributed by atoms with Crippen LogP contribution in [0.1, 0.15) is 21.6 Å². The molecule has 0 aliphatic carbocycles. The van der Waals surface area contributed by atoms with E-state index >= 15 is 0 Å². The smallest absolute Gasteiger partial charge is 0.254 e. The molecule has 1 amide bonds. The molecule has 2 aromatic heterocycles. The summed E-state index contributed by atoms with van der Waals surface area (Å²) < 4.78 is 0. The van der Waals surface area contributed by atoms with Gasteiger partial charge >= 0.3 is 0 Å². The predicted octanol–water partition coefficient (Wildman–Crippen LogP) is 2.10. The van der Waals surface area contributed by atoms with Gasteiger partial charge in [-0.25, -0.2) is 4.98 Å². The number of anilines is 1. The molecule has 0 saturated carbocycles. The lowest BCUT2D eigenvalue weighted by molar-refractivity contribution is 0.0827. The second-order valence-electron chi connectivity index (χ2n) is 4.75. The Hall–Kier alpha value is -2.43. The standard InChI is InChI=1S/C15H18N4O/c1-11-5-4-8-16-13(11)10-18-14-7-6-12(9-17-14)15(20)19(2)3/h4-9H,10H2,1-3H3,(H,17,18). The third-order valence-electron chi connectivity index (χ3n) is 2.97. The van der Waals surface area contributed by atoms with Gasteiger partial charge in [0, 0.05) is 26.5 Å². The zero-order chi connectivity index (χ0) is 14.5. The molecule has 0 aromatic carbocycles. The number of aromatic nitrogens is 2. The molecule has 0 fully saturated rings. The highest BCUT2D eigenvalue weighted by molar-refractivity contribution is 5.93. The van der Waals surface area contributed by atoms with Crippen LogP contribution in [-0.4, -0.2) is 34.9 Å². The molecule has 2 aromatic rings. The van der Waals surface area contributed by atoms with Crippen molar-refractivity contribution in [3.63, 3.8) is 0 Å². The van der Waals surface area contributed by atoms with Crippen LogP contribution in [0.25, 0.3) is 0 Å². The molecule has 0 spiro atoms. The minimum absolute atomic E-state index is 0.0513. The molecule has 0 saturated heterocycles. The first-order valence-corrected chi connectivity index (χ1v) is 6.40. The van der Waals surface area contributed by atoms with Crippen LogP contribution >= 0.6 is 0 Å². The Morgan fingerprint density at radius 2 is 2.05 bits per heavy atom. The van der Waals surface area contributed by atoms with Gasteiger partial charge in [0.2, 0.25) is 0 Å². The average Bonchev–Trinajstić information content (AvgIpc) is 2.46. The van der Waals surface area contributed by atoms with E-state index in [1.54, 1.807) is 38.6 Å². The fourth-order valence-electron chi connectivity index (χ4n) is 1.76. The van der Waals surface area contributed by atoms with Crippen molar-refractivity contribution >= 4 is 11.7 Å². The highest BCUT2D eigenvalue weighted by Gasteiger charge is 2.08. The Labute approximate surface area is 118 Å². The van der Waals surface area contributed by atoms with Gasteiger partial charge in [-0.3, -0.25) is 9.78 Å². The number of aryl methyl sites for hydroxylation is 1. The summed E-state index contributed by atoms with van der Waals surface area (Å²) in [6, 6.07) is 7.51. The van der Waals surface area contributed by atoms with Gasteiger partial charge in [0.1, 0.15) is 5.82 Å². The maximum absolute atomic E-state index is 11.7. The zero-order valence-corrected chi connectivity index (χ0v) is 11.9. The molecule has 0 atom stereocenters. The van der Waals surface area contributed by atoms with Crippen molar-refractivity contribution < 1.29 is 4.79 Å². The highest BCUT2D eigenvalue weighted by Crippen LogP contribution is 2.09. The Balaban J connectivity index is 2.01. The van der Waals surface area contributed by atoms with E-state index in [0.29, 0.717) is 12.1 Å². The zero-order valence-electron chi connectivity index (χ0n) is 11.9. The molecule has 0 bridgehead atoms. The summed E-state index contributed by atoms with van der Waals surface area (Å²) in [5, 5.41) is 3.20. The third kappa shape index (κ3) is 3.32. The number of nitrogens with zero attached hydrogens (tertiary/aromatic N) is 3. The van der Waals surface area contributed by atoms with Gasteiger partial charge < -0.3 is 10.2 Å². The summed E-state index contributed by atoms with van der Waals surface area (Å²) in [5.41, 5.74) is 2.71. The number of hydrogen-bond donors (Lipinski definition) is 1. The molecule has 0 unspecified atom stereocenters. The van der Waals surface area contributed by atoms with Crippen LogP contribution in [0.5, 0.6) is 0 Å². The molecule has 2 rings (SSSR count). The highest BCUT2D eigenvalue weighted by atomic mass is 16.2. The molecule has 5 nitrogen and oxygen atoms in total. The van der Waals surface area contributed by atoms with Crippen molar-refractivity contribution in [3.8, 4) is 0 Å². The fourth-order valence-corrected chi connectivity index (χ4v) is 1.76. The van der Waals surface area contributed by atoms with Gasteiger partial charge in [0.25, 0.3) is 5.91 Å². The number of amides is 1. The number of carbonyl (C=O) groups is 1. The first-order valence-electron chi connectivity index (χ1n) is 6.40. The minimum Gasteiger partial charge on any atom is -0.364 e. The molecule has 5 heteroatoms. The van der Waals surface area contributed by atoms with Crippen LogP contribution in [0.15, 0.2) is 36.7 Å². The maximum Gasteiger partial charge on any atom is 0.254 e. The predicted molar refractivity (Wildman–Crippen MR) is 78.6 cm³/mol. The van der Waals surface area contributed by atoms with Gasteiger partial charge in [0.05, 0.1) is 17.8 Å². The van der Waals surface area contributed by atoms with E-state index in [1.165, 1.54) is 4.90 Å². The van der Waals surface area contributed by atoms with E-state index in [0.717, 1.165) is 17.1 Å². The van der Waals surface area contributed by atoms with Crippen molar-refractivity contribution in [1.82, 2.24) is 14.9 Å². The molecule has 0 radical (unpaired) electrons. The summed E-state index contributed by atoms with van der Waals surface area (Å²) in [5.74, 6) is 0.676. The number of nitrogens with one attached hydrogen (secondary N) is 1. The molecule has 0 aliphatic heterocycles. The normalized spacial score (nSPS) is 10.2. The second kappa shape index (κ2) is 6.14. The van der Waals surface area contributed by atoms with Crippen LogP contribution in [0.4, 0.5) is 5.82 Å². The summed E-state index contributed by atoms with van der Waals surface area (Å²) in [6.07, 6.45) is 3.35. The number of carbonyl (C=O) groups excluding carboxylic acids is 1. The lowest BCUT2D eigenvalue weighted by atomic mass is 10.2. The van der Waals surface area contributed by atoms with E-state index < -0.39 is 0 Å². The van der Waals surface area contributed by atoms with E-state index in [1.807, 2.05) is 19.1 Å². The summed E-state index contributed by atoms with van der Waals surface area (Å²) in [6.45, 7) is 2.64. The van der Waals surface area contributed by atoms with E-state index in [2.05, 4.69) is 15.3 Å². The molecule has 2 heterocycles. The number of pyridine rings is 2. The molecule has 0 aliphatic rings. The van der Waals surface area contributed by atoms with Crippen molar-refractivity contribution in [2.24, 2.45) is 0 Å². The molecule has 20 heavy (non-hydrogen) atoms. The van der Waals surface area contributed by atoms with Crippen LogP contribution < -0.4 is 5.32 Å². The Bertz CT molecular complexity index is 593. The largest absolute Gasteiger partial charge is 0.364 e. The van der Waals surface area contributed by atoms with E-state index in [9.17, 15) is 4.79 Å². The second-order valence-corrected chi connectivity index (χ2v) is 4.75. The summed E-state index contributed by atoms with van der Waals surface area (Å²) in [7, 11) is 3.44. The molecular formula is C15H18N4O. The van der Waals surface area contributed by atoms with Gasteiger partial charge in [-0.05, 0) is 30.7 Å². The Morgan fingerprint density at radius 1 is 1.25 bits per heavy atom. The molecule has 104 valence electrons. The monoisotopic (exact) mass is 270 g/mol. The van der Waals surface area contributed by atoms with Gasteiger partial charge in [0.15, 0.2) is 0 Å². The van der Waals surface area contributed by atoms with E-state index in [-0.39, 0.29) is 5.91 Å². The van der Waals surface area contributed by atoms with Crippen LogP contribution in [0.2, 0.25) is 0 Å². The minimum atomic E-state index is -0.0513. The quantitative estimate of drug-likeness (QED) is 0.924. The van der Waals surface area contributed by atoms with Gasteiger partial charge in [-0.1, -0.05) is 6.07 Å². The number of rotatable bonds is 4. The van der Waals surface area contributed by atoms with Crippen molar-refractivity contribution in [2.45, 2.75) is 13.5 Å². The number of hydrogen-bond acceptors (Lipinski definition) is 4. The van der Waals surface area contributed by atoms with Gasteiger partial charge in [-0.2, -0.15) is 0 Å². The van der Waals surface area contributed by atoms with Crippen LogP contribution in [0.3, 0.4) is 0 Å².